The molecular formula is C14H23NO. The average Bonchev–Trinajstić information content (AvgIpc) is 2.12. The smallest absolute Gasteiger partial charge is 0.0646 e. The summed E-state index contributed by atoms with van der Waals surface area (Å²) in [6, 6.07) is 6.58. The standard InChI is InChI=1S/C14H23NO/c1-5-16-10-14(4,15)9-13-7-11(2)6-12(3)8-13/h6-8H,5,9-10,15H2,1-4H3. The van der Waals surface area contributed by atoms with Crippen molar-refractivity contribution in [1.82, 2.24) is 0 Å². The Hall–Kier alpha value is -0.860. The molecule has 1 aromatic rings. The van der Waals surface area contributed by atoms with Crippen LogP contribution in [0.4, 0.5) is 0 Å². The van der Waals surface area contributed by atoms with Crippen LogP contribution in [0, 0.1) is 13.8 Å². The first-order valence-electron chi connectivity index (χ1n) is 5.87. The van der Waals surface area contributed by atoms with Gasteiger partial charge >= 0.3 is 0 Å². The van der Waals surface area contributed by atoms with Crippen molar-refractivity contribution in [3.05, 3.63) is 34.9 Å². The van der Waals surface area contributed by atoms with Crippen LogP contribution in [-0.2, 0) is 11.2 Å². The minimum absolute atomic E-state index is 0.282. The zero-order chi connectivity index (χ0) is 12.2. The molecule has 0 aromatic heterocycles. The molecule has 0 radical (unpaired) electrons. The van der Waals surface area contributed by atoms with E-state index in [1.54, 1.807) is 0 Å². The van der Waals surface area contributed by atoms with Crippen LogP contribution >= 0.6 is 0 Å². The molecule has 1 aromatic carbocycles. The van der Waals surface area contributed by atoms with E-state index in [-0.39, 0.29) is 5.54 Å². The predicted molar refractivity (Wildman–Crippen MR) is 68.7 cm³/mol. The summed E-state index contributed by atoms with van der Waals surface area (Å²) in [6.07, 6.45) is 0.857. The van der Waals surface area contributed by atoms with Gasteiger partial charge in [-0.3, -0.25) is 0 Å². The first-order valence-corrected chi connectivity index (χ1v) is 5.87. The van der Waals surface area contributed by atoms with Crippen LogP contribution in [-0.4, -0.2) is 18.8 Å². The molecule has 2 N–H and O–H groups in total. The largest absolute Gasteiger partial charge is 0.380 e. The Morgan fingerprint density at radius 3 is 2.25 bits per heavy atom. The summed E-state index contributed by atoms with van der Waals surface area (Å²) >= 11 is 0. The Balaban J connectivity index is 2.71. The Labute approximate surface area is 98.8 Å². The van der Waals surface area contributed by atoms with Crippen molar-refractivity contribution in [3.8, 4) is 0 Å². The summed E-state index contributed by atoms with van der Waals surface area (Å²) in [5.74, 6) is 0. The molecule has 2 nitrogen and oxygen atoms in total. The van der Waals surface area contributed by atoms with E-state index in [1.165, 1.54) is 16.7 Å². The second-order valence-corrected chi connectivity index (χ2v) is 4.96. The average molecular weight is 221 g/mol. The molecule has 0 aliphatic rings. The molecule has 0 aliphatic carbocycles. The highest BCUT2D eigenvalue weighted by molar-refractivity contribution is 5.29. The van der Waals surface area contributed by atoms with E-state index in [0.717, 1.165) is 13.0 Å². The molecule has 1 atom stereocenters. The van der Waals surface area contributed by atoms with Crippen molar-refractivity contribution in [1.29, 1.82) is 0 Å². The summed E-state index contributed by atoms with van der Waals surface area (Å²) < 4.78 is 5.41. The SMILES string of the molecule is CCOCC(C)(N)Cc1cc(C)cc(C)c1. The van der Waals surface area contributed by atoms with Crippen LogP contribution in [0.5, 0.6) is 0 Å². The third kappa shape index (κ3) is 4.33. The second-order valence-electron chi connectivity index (χ2n) is 4.96. The number of rotatable bonds is 5. The monoisotopic (exact) mass is 221 g/mol. The van der Waals surface area contributed by atoms with Crippen molar-refractivity contribution in [2.75, 3.05) is 13.2 Å². The molecule has 0 saturated carbocycles. The van der Waals surface area contributed by atoms with Crippen LogP contribution in [0.2, 0.25) is 0 Å². The van der Waals surface area contributed by atoms with Crippen LogP contribution in [0.15, 0.2) is 18.2 Å². The van der Waals surface area contributed by atoms with Gasteiger partial charge in [-0.15, -0.1) is 0 Å². The highest BCUT2D eigenvalue weighted by Gasteiger charge is 2.19. The fraction of sp³-hybridized carbons (Fsp3) is 0.571. The van der Waals surface area contributed by atoms with E-state index in [4.69, 9.17) is 10.5 Å². The third-order valence-electron chi connectivity index (χ3n) is 2.53. The summed E-state index contributed by atoms with van der Waals surface area (Å²) in [7, 11) is 0. The lowest BCUT2D eigenvalue weighted by molar-refractivity contribution is 0.101. The van der Waals surface area contributed by atoms with Crippen molar-refractivity contribution < 1.29 is 4.74 Å². The van der Waals surface area contributed by atoms with Gasteiger partial charge in [-0.25, -0.2) is 0 Å². The summed E-state index contributed by atoms with van der Waals surface area (Å²) in [5.41, 5.74) is 9.81. The van der Waals surface area contributed by atoms with Gasteiger partial charge in [-0.2, -0.15) is 0 Å². The molecule has 0 saturated heterocycles. The Morgan fingerprint density at radius 2 is 1.75 bits per heavy atom. The summed E-state index contributed by atoms with van der Waals surface area (Å²) in [6.45, 7) is 9.60. The van der Waals surface area contributed by atoms with E-state index in [1.807, 2.05) is 13.8 Å². The molecule has 0 fully saturated rings. The van der Waals surface area contributed by atoms with Crippen molar-refractivity contribution in [2.24, 2.45) is 5.73 Å². The highest BCUT2D eigenvalue weighted by atomic mass is 16.5. The molecule has 2 heteroatoms. The fourth-order valence-electron chi connectivity index (χ4n) is 2.02. The maximum Gasteiger partial charge on any atom is 0.0646 e. The van der Waals surface area contributed by atoms with Gasteiger partial charge in [0.05, 0.1) is 6.61 Å². The first-order chi connectivity index (χ1) is 7.43. The second kappa shape index (κ2) is 5.46. The topological polar surface area (TPSA) is 35.2 Å². The van der Waals surface area contributed by atoms with E-state index in [9.17, 15) is 0 Å². The maximum absolute atomic E-state index is 6.21. The molecule has 90 valence electrons. The van der Waals surface area contributed by atoms with Crippen LogP contribution in [0.25, 0.3) is 0 Å². The van der Waals surface area contributed by atoms with Crippen LogP contribution in [0.1, 0.15) is 30.5 Å². The Morgan fingerprint density at radius 1 is 1.19 bits per heavy atom. The van der Waals surface area contributed by atoms with E-state index < -0.39 is 0 Å². The molecule has 1 unspecified atom stereocenters. The van der Waals surface area contributed by atoms with Crippen molar-refractivity contribution in [2.45, 2.75) is 39.7 Å². The number of hydrogen-bond acceptors (Lipinski definition) is 2. The minimum Gasteiger partial charge on any atom is -0.380 e. The molecule has 0 heterocycles. The lowest BCUT2D eigenvalue weighted by atomic mass is 9.93. The van der Waals surface area contributed by atoms with Crippen molar-refractivity contribution in [3.63, 3.8) is 0 Å². The molecule has 0 aliphatic heterocycles. The van der Waals surface area contributed by atoms with Gasteiger partial charge < -0.3 is 10.5 Å². The zero-order valence-corrected chi connectivity index (χ0v) is 10.8. The Bertz CT molecular complexity index is 324. The van der Waals surface area contributed by atoms with Gasteiger partial charge in [-0.1, -0.05) is 29.3 Å². The van der Waals surface area contributed by atoms with Gasteiger partial charge in [0, 0.05) is 12.1 Å². The lowest BCUT2D eigenvalue weighted by Gasteiger charge is -2.24. The van der Waals surface area contributed by atoms with Gasteiger partial charge in [0.25, 0.3) is 0 Å². The van der Waals surface area contributed by atoms with Crippen LogP contribution in [0.3, 0.4) is 0 Å². The van der Waals surface area contributed by atoms with Gasteiger partial charge in [0.2, 0.25) is 0 Å². The fourth-order valence-corrected chi connectivity index (χ4v) is 2.02. The molecule has 16 heavy (non-hydrogen) atoms. The number of ether oxygens (including phenoxy) is 1. The van der Waals surface area contributed by atoms with Gasteiger partial charge in [-0.05, 0) is 39.7 Å². The van der Waals surface area contributed by atoms with E-state index in [2.05, 4.69) is 32.0 Å². The quantitative estimate of drug-likeness (QED) is 0.829. The van der Waals surface area contributed by atoms with E-state index >= 15 is 0 Å². The van der Waals surface area contributed by atoms with Crippen molar-refractivity contribution >= 4 is 0 Å². The minimum atomic E-state index is -0.282. The zero-order valence-electron chi connectivity index (χ0n) is 10.8. The molecule has 0 bridgehead atoms. The summed E-state index contributed by atoms with van der Waals surface area (Å²) in [5, 5.41) is 0. The molecular weight excluding hydrogens is 198 g/mol. The molecule has 0 amide bonds. The predicted octanol–water partition coefficient (Wildman–Crippen LogP) is 2.60. The van der Waals surface area contributed by atoms with E-state index in [0.29, 0.717) is 6.61 Å². The first kappa shape index (κ1) is 13.2. The van der Waals surface area contributed by atoms with Crippen LogP contribution < -0.4 is 5.73 Å². The number of hydrogen-bond donors (Lipinski definition) is 1. The lowest BCUT2D eigenvalue weighted by Crippen LogP contribution is -2.43. The maximum atomic E-state index is 6.21. The number of nitrogens with two attached hydrogens (primary N) is 1. The molecule has 1 rings (SSSR count). The number of aryl methyl sites for hydroxylation is 2. The molecule has 0 spiro atoms. The normalized spacial score (nSPS) is 14.8. The number of benzene rings is 1. The Kier molecular flexibility index (Phi) is 4.51. The van der Waals surface area contributed by atoms with Gasteiger partial charge in [0.15, 0.2) is 0 Å². The summed E-state index contributed by atoms with van der Waals surface area (Å²) in [4.78, 5) is 0. The van der Waals surface area contributed by atoms with Gasteiger partial charge in [0.1, 0.15) is 0 Å². The highest BCUT2D eigenvalue weighted by Crippen LogP contribution is 2.15. The third-order valence-corrected chi connectivity index (χ3v) is 2.53.